The molecule has 1 nitrogen and oxygen atoms in total. The Balaban J connectivity index is 3.56. The lowest BCUT2D eigenvalue weighted by molar-refractivity contribution is 0.465. The maximum Gasteiger partial charge on any atom is 0.226 e. The van der Waals surface area contributed by atoms with Crippen molar-refractivity contribution in [1.29, 1.82) is 0 Å². The fraction of sp³-hybridized carbons (Fsp3) is 0.333. The average molecular weight is 219 g/mol. The highest BCUT2D eigenvalue weighted by atomic mass is 127. The first kappa shape index (κ1) is 7.13. The highest BCUT2D eigenvalue weighted by molar-refractivity contribution is 14.1. The van der Waals surface area contributed by atoms with Gasteiger partial charge in [0.25, 0.3) is 0 Å². The minimum Gasteiger partial charge on any atom is -0.292 e. The monoisotopic (exact) mass is 219 g/mol. The number of hydrogen-bond acceptors (Lipinski definition) is 1. The first-order valence-electron chi connectivity index (χ1n) is 1.54. The molecule has 0 saturated heterocycles. The molecule has 0 heterocycles. The van der Waals surface area contributed by atoms with Gasteiger partial charge in [-0.25, -0.2) is 4.39 Å². The van der Waals surface area contributed by atoms with Crippen LogP contribution in [0.25, 0.3) is 0 Å². The van der Waals surface area contributed by atoms with Crippen LogP contribution in [0.2, 0.25) is 0 Å². The molecule has 7 heavy (non-hydrogen) atoms. The third-order valence-electron chi connectivity index (χ3n) is 0.384. The molecule has 0 aliphatic carbocycles. The van der Waals surface area contributed by atoms with Gasteiger partial charge in [-0.15, -0.1) is 0 Å². The summed E-state index contributed by atoms with van der Waals surface area (Å²) in [5.74, 6) is -0.874. The van der Waals surface area contributed by atoms with Gasteiger partial charge in [0.2, 0.25) is 5.95 Å². The standard InChI is InChI=1S/C3H4F2IN/c1-7(6)3(5)2-4/h2H,1H3/b3-2+. The molecule has 0 atom stereocenters. The largest absolute Gasteiger partial charge is 0.292 e. The summed E-state index contributed by atoms with van der Waals surface area (Å²) in [7, 11) is 1.41. The number of nitrogens with zero attached hydrogens (tertiary/aromatic N) is 1. The minimum atomic E-state index is -0.874. The van der Waals surface area contributed by atoms with E-state index in [0.29, 0.717) is 0 Å². The summed E-state index contributed by atoms with van der Waals surface area (Å²) in [6.07, 6.45) is -0.0908. The Morgan fingerprint density at radius 3 is 2.29 bits per heavy atom. The predicted molar refractivity (Wildman–Crippen MR) is 32.1 cm³/mol. The van der Waals surface area contributed by atoms with E-state index in [-0.39, 0.29) is 6.33 Å². The van der Waals surface area contributed by atoms with Crippen LogP contribution < -0.4 is 0 Å². The van der Waals surface area contributed by atoms with Gasteiger partial charge in [-0.3, -0.25) is 3.11 Å². The molecule has 0 saturated carbocycles. The Kier molecular flexibility index (Phi) is 3.23. The Morgan fingerprint density at radius 2 is 2.29 bits per heavy atom. The highest BCUT2D eigenvalue weighted by Crippen LogP contribution is 2.07. The zero-order valence-corrected chi connectivity index (χ0v) is 5.82. The second-order valence-electron chi connectivity index (χ2n) is 0.909. The molecule has 0 N–H and O–H groups in total. The van der Waals surface area contributed by atoms with Crippen molar-refractivity contribution in [1.82, 2.24) is 3.11 Å². The van der Waals surface area contributed by atoms with E-state index in [0.717, 1.165) is 3.11 Å². The van der Waals surface area contributed by atoms with Gasteiger partial charge in [-0.2, -0.15) is 4.39 Å². The van der Waals surface area contributed by atoms with Crippen molar-refractivity contribution in [2.45, 2.75) is 0 Å². The zero-order valence-electron chi connectivity index (χ0n) is 3.66. The van der Waals surface area contributed by atoms with E-state index in [1.807, 2.05) is 0 Å². The summed E-state index contributed by atoms with van der Waals surface area (Å²) in [5.41, 5.74) is 0. The number of halogens is 3. The molecule has 0 amide bonds. The third-order valence-corrected chi connectivity index (χ3v) is 0.845. The van der Waals surface area contributed by atoms with E-state index in [1.54, 1.807) is 22.9 Å². The molecule has 0 fully saturated rings. The number of hydrogen-bond donors (Lipinski definition) is 0. The van der Waals surface area contributed by atoms with Crippen molar-refractivity contribution < 1.29 is 8.78 Å². The second kappa shape index (κ2) is 3.17. The summed E-state index contributed by atoms with van der Waals surface area (Å²) >= 11 is 1.62. The second-order valence-corrected chi connectivity index (χ2v) is 2.36. The molecule has 0 radical (unpaired) electrons. The van der Waals surface area contributed by atoms with E-state index < -0.39 is 5.95 Å². The molecule has 0 aliphatic rings. The lowest BCUT2D eigenvalue weighted by Crippen LogP contribution is -1.96. The van der Waals surface area contributed by atoms with Gasteiger partial charge in [-0.1, -0.05) is 0 Å². The van der Waals surface area contributed by atoms with E-state index in [1.165, 1.54) is 7.05 Å². The van der Waals surface area contributed by atoms with Crippen LogP contribution >= 0.6 is 22.9 Å². The van der Waals surface area contributed by atoms with E-state index >= 15 is 0 Å². The average Bonchev–Trinajstić information content (AvgIpc) is 1.65. The lowest BCUT2D eigenvalue weighted by atomic mass is 10.9. The van der Waals surface area contributed by atoms with Crippen LogP contribution in [-0.4, -0.2) is 10.2 Å². The molecular weight excluding hydrogens is 215 g/mol. The smallest absolute Gasteiger partial charge is 0.226 e. The van der Waals surface area contributed by atoms with Crippen LogP contribution in [0.5, 0.6) is 0 Å². The maximum atomic E-state index is 11.7. The van der Waals surface area contributed by atoms with Gasteiger partial charge < -0.3 is 0 Å². The van der Waals surface area contributed by atoms with Crippen LogP contribution in [0.15, 0.2) is 12.3 Å². The summed E-state index contributed by atoms with van der Waals surface area (Å²) in [6.45, 7) is 0. The van der Waals surface area contributed by atoms with Gasteiger partial charge in [0.15, 0.2) is 0 Å². The van der Waals surface area contributed by atoms with E-state index in [4.69, 9.17) is 0 Å². The van der Waals surface area contributed by atoms with Crippen LogP contribution in [0.4, 0.5) is 8.78 Å². The fourth-order valence-electron chi connectivity index (χ4n) is 0.0672. The Morgan fingerprint density at radius 1 is 1.86 bits per heavy atom. The Hall–Kier alpha value is 0.130. The van der Waals surface area contributed by atoms with Crippen molar-refractivity contribution in [3.8, 4) is 0 Å². The quantitative estimate of drug-likeness (QED) is 0.370. The molecule has 0 aromatic rings. The summed E-state index contributed by atoms with van der Waals surface area (Å²) in [5, 5.41) is 0. The first-order chi connectivity index (χ1) is 3.18. The van der Waals surface area contributed by atoms with Gasteiger partial charge in [0, 0.05) is 7.05 Å². The van der Waals surface area contributed by atoms with Gasteiger partial charge >= 0.3 is 0 Å². The highest BCUT2D eigenvalue weighted by Gasteiger charge is 1.94. The van der Waals surface area contributed by atoms with Crippen molar-refractivity contribution >= 4 is 22.9 Å². The minimum absolute atomic E-state index is 0.0908. The molecule has 0 aromatic heterocycles. The summed E-state index contributed by atoms with van der Waals surface area (Å²) in [4.78, 5) is 0. The summed E-state index contributed by atoms with van der Waals surface area (Å²) in [6, 6.07) is 0. The Bertz CT molecular complexity index is 81.0. The van der Waals surface area contributed by atoms with Crippen LogP contribution in [0, 0.1) is 0 Å². The molecule has 0 aromatic carbocycles. The van der Waals surface area contributed by atoms with Crippen molar-refractivity contribution in [3.05, 3.63) is 12.3 Å². The van der Waals surface area contributed by atoms with E-state index in [9.17, 15) is 8.78 Å². The third kappa shape index (κ3) is 2.78. The maximum absolute atomic E-state index is 11.7. The molecule has 0 unspecified atom stereocenters. The van der Waals surface area contributed by atoms with Crippen LogP contribution in [0.3, 0.4) is 0 Å². The van der Waals surface area contributed by atoms with Crippen LogP contribution in [-0.2, 0) is 0 Å². The lowest BCUT2D eigenvalue weighted by Gasteiger charge is -2.00. The normalized spacial score (nSPS) is 11.7. The van der Waals surface area contributed by atoms with Crippen LogP contribution in [0.1, 0.15) is 0 Å². The van der Waals surface area contributed by atoms with Crippen molar-refractivity contribution in [2.75, 3.05) is 7.05 Å². The van der Waals surface area contributed by atoms with Gasteiger partial charge in [0.05, 0.1) is 22.9 Å². The molecule has 42 valence electrons. The van der Waals surface area contributed by atoms with Crippen molar-refractivity contribution in [2.24, 2.45) is 0 Å². The SMILES string of the molecule is CN(I)/C(F)=C/F. The fourth-order valence-corrected chi connectivity index (χ4v) is 0.173. The zero-order chi connectivity index (χ0) is 5.86. The molecule has 0 aliphatic heterocycles. The predicted octanol–water partition coefficient (Wildman–Crippen LogP) is 2.01. The molecular formula is C3H4F2IN. The molecule has 0 bridgehead atoms. The van der Waals surface area contributed by atoms with Gasteiger partial charge in [-0.05, 0) is 0 Å². The number of rotatable bonds is 1. The Labute approximate surface area is 54.5 Å². The first-order valence-corrected chi connectivity index (χ1v) is 2.50. The van der Waals surface area contributed by atoms with Crippen molar-refractivity contribution in [3.63, 3.8) is 0 Å². The van der Waals surface area contributed by atoms with Gasteiger partial charge in [0.1, 0.15) is 6.33 Å². The molecule has 0 rings (SSSR count). The van der Waals surface area contributed by atoms with E-state index in [2.05, 4.69) is 0 Å². The molecule has 0 spiro atoms. The topological polar surface area (TPSA) is 3.24 Å². The molecule has 4 heteroatoms. The summed E-state index contributed by atoms with van der Waals surface area (Å²) < 4.78 is 23.7.